The van der Waals surface area contributed by atoms with Gasteiger partial charge in [0.25, 0.3) is 0 Å². The van der Waals surface area contributed by atoms with Crippen molar-refractivity contribution in [1.29, 1.82) is 0 Å². The highest BCUT2D eigenvalue weighted by Gasteiger charge is 2.08. The lowest BCUT2D eigenvalue weighted by molar-refractivity contribution is -0.00000548. The molecule has 0 saturated heterocycles. The molecule has 0 saturated carbocycles. The number of hydrogen-bond acceptors (Lipinski definition) is 4. The molecule has 1 aromatic carbocycles. The van der Waals surface area contributed by atoms with Crippen molar-refractivity contribution >= 4 is 0 Å². The van der Waals surface area contributed by atoms with E-state index in [2.05, 4.69) is 42.1 Å². The largest absolute Gasteiger partial charge is 1.00 e. The van der Waals surface area contributed by atoms with Crippen LogP contribution in [0.4, 0.5) is 0 Å². The van der Waals surface area contributed by atoms with E-state index >= 15 is 0 Å². The van der Waals surface area contributed by atoms with Crippen molar-refractivity contribution in [3.63, 3.8) is 0 Å². The molecule has 0 fully saturated rings. The van der Waals surface area contributed by atoms with Crippen molar-refractivity contribution in [2.75, 3.05) is 0 Å². The van der Waals surface area contributed by atoms with Gasteiger partial charge in [-0.25, -0.2) is 9.97 Å². The average Bonchev–Trinajstić information content (AvgIpc) is 2.37. The maximum absolute atomic E-state index is 5.60. The third-order valence-electron chi connectivity index (χ3n) is 2.47. The molecule has 1 N–H and O–H groups in total. The minimum absolute atomic E-state index is 0. The summed E-state index contributed by atoms with van der Waals surface area (Å²) in [5.74, 6) is 0.749. The Hall–Kier alpha value is -1.65. The first-order valence-electron chi connectivity index (χ1n) is 6.32. The molecule has 1 aromatic heterocycles. The number of ether oxygens (including phenoxy) is 1. The van der Waals surface area contributed by atoms with Crippen LogP contribution in [-0.4, -0.2) is 15.5 Å². The van der Waals surface area contributed by atoms with Crippen LogP contribution < -0.4 is 22.5 Å². The third-order valence-corrected chi connectivity index (χ3v) is 2.47. The Kier molecular flexibility index (Phi) is 5.92. The predicted molar refractivity (Wildman–Crippen MR) is 75.1 cm³/mol. The van der Waals surface area contributed by atoms with Crippen LogP contribution in [0.25, 0.3) is 0 Å². The maximum atomic E-state index is 5.60. The smallest absolute Gasteiger partial charge is 0.321 e. The molecule has 0 aliphatic heterocycles. The molecule has 5 heteroatoms. The lowest BCUT2D eigenvalue weighted by Crippen LogP contribution is -3.00. The summed E-state index contributed by atoms with van der Waals surface area (Å²) in [4.78, 5) is 8.08. The van der Waals surface area contributed by atoms with E-state index in [0.717, 1.165) is 12.3 Å². The third kappa shape index (κ3) is 5.55. The first-order chi connectivity index (χ1) is 9.03. The summed E-state index contributed by atoms with van der Waals surface area (Å²) in [6.07, 6.45) is 3.32. The van der Waals surface area contributed by atoms with Gasteiger partial charge in [0.2, 0.25) is 0 Å². The zero-order valence-corrected chi connectivity index (χ0v) is 12.7. The van der Waals surface area contributed by atoms with Gasteiger partial charge >= 0.3 is 6.01 Å². The highest BCUT2D eigenvalue weighted by molar-refractivity contribution is 5.30. The van der Waals surface area contributed by atoms with Crippen molar-refractivity contribution < 1.29 is 17.1 Å². The van der Waals surface area contributed by atoms with E-state index < -0.39 is 0 Å². The molecular weight excluding hydrogens is 274 g/mol. The Morgan fingerprint density at radius 3 is 2.45 bits per heavy atom. The molecule has 0 radical (unpaired) electrons. The molecule has 0 unspecified atom stereocenters. The van der Waals surface area contributed by atoms with Gasteiger partial charge in [0.15, 0.2) is 0 Å². The highest BCUT2D eigenvalue weighted by Crippen LogP contribution is 2.18. The summed E-state index contributed by atoms with van der Waals surface area (Å²) < 4.78 is 5.60. The van der Waals surface area contributed by atoms with Gasteiger partial charge in [-0.05, 0) is 44.5 Å². The maximum Gasteiger partial charge on any atom is 0.321 e. The number of nitrogens with zero attached hydrogens (tertiary/aromatic N) is 2. The summed E-state index contributed by atoms with van der Waals surface area (Å²) in [6, 6.07) is 10.1. The summed E-state index contributed by atoms with van der Waals surface area (Å²) >= 11 is 0. The van der Waals surface area contributed by atoms with Crippen molar-refractivity contribution in [1.82, 2.24) is 15.3 Å². The molecule has 20 heavy (non-hydrogen) atoms. The SMILES string of the molecule is CC(C)(C)NCc1cccc(Oc2ncccn2)c1.[Cl-]. The van der Waals surface area contributed by atoms with Crippen molar-refractivity contribution in [2.24, 2.45) is 0 Å². The van der Waals surface area contributed by atoms with Crippen LogP contribution in [0.15, 0.2) is 42.7 Å². The van der Waals surface area contributed by atoms with E-state index in [4.69, 9.17) is 4.74 Å². The highest BCUT2D eigenvalue weighted by atomic mass is 35.5. The molecule has 0 aliphatic rings. The lowest BCUT2D eigenvalue weighted by Gasteiger charge is -2.20. The van der Waals surface area contributed by atoms with Crippen molar-refractivity contribution in [2.45, 2.75) is 32.9 Å². The second kappa shape index (κ2) is 7.22. The fourth-order valence-corrected chi connectivity index (χ4v) is 1.53. The van der Waals surface area contributed by atoms with E-state index in [1.165, 1.54) is 5.56 Å². The van der Waals surface area contributed by atoms with Crippen LogP contribution >= 0.6 is 0 Å². The Balaban J connectivity index is 0.00000200. The molecule has 0 spiro atoms. The first kappa shape index (κ1) is 16.4. The summed E-state index contributed by atoms with van der Waals surface area (Å²) in [7, 11) is 0. The first-order valence-corrected chi connectivity index (χ1v) is 6.32. The number of nitrogens with one attached hydrogen (secondary N) is 1. The summed E-state index contributed by atoms with van der Waals surface area (Å²) in [6.45, 7) is 7.23. The number of halogens is 1. The zero-order valence-electron chi connectivity index (χ0n) is 11.9. The van der Waals surface area contributed by atoms with E-state index in [1.54, 1.807) is 18.5 Å². The van der Waals surface area contributed by atoms with Crippen LogP contribution in [0.2, 0.25) is 0 Å². The lowest BCUT2D eigenvalue weighted by atomic mass is 10.1. The monoisotopic (exact) mass is 292 g/mol. The van der Waals surface area contributed by atoms with Crippen LogP contribution in [0.3, 0.4) is 0 Å². The average molecular weight is 293 g/mol. The standard InChI is InChI=1S/C15H19N3O.ClH/c1-15(2,3)18-11-12-6-4-7-13(10-12)19-14-16-8-5-9-17-14;/h4-10,18H,11H2,1-3H3;1H/p-1. The molecule has 2 aromatic rings. The number of benzene rings is 1. The zero-order chi connectivity index (χ0) is 13.7. The van der Waals surface area contributed by atoms with E-state index in [0.29, 0.717) is 6.01 Å². The number of aromatic nitrogens is 2. The van der Waals surface area contributed by atoms with Crippen molar-refractivity contribution in [3.05, 3.63) is 48.3 Å². The molecule has 0 bridgehead atoms. The summed E-state index contributed by atoms with van der Waals surface area (Å²) in [5.41, 5.74) is 1.27. The number of rotatable bonds is 4. The predicted octanol–water partition coefficient (Wildman–Crippen LogP) is 0.161. The van der Waals surface area contributed by atoms with E-state index in [-0.39, 0.29) is 17.9 Å². The van der Waals surface area contributed by atoms with E-state index in [9.17, 15) is 0 Å². The molecule has 4 nitrogen and oxygen atoms in total. The summed E-state index contributed by atoms with van der Waals surface area (Å²) in [5, 5.41) is 3.44. The fraction of sp³-hybridized carbons (Fsp3) is 0.333. The second-order valence-corrected chi connectivity index (χ2v) is 5.38. The van der Waals surface area contributed by atoms with Gasteiger partial charge in [-0.3, -0.25) is 0 Å². The Bertz CT molecular complexity index is 526. The molecular formula is C15H19ClN3O-. The van der Waals surface area contributed by atoms with Crippen LogP contribution in [0, 0.1) is 0 Å². The normalized spacial score (nSPS) is 10.8. The molecule has 2 rings (SSSR count). The molecule has 0 atom stereocenters. The quantitative estimate of drug-likeness (QED) is 0.872. The van der Waals surface area contributed by atoms with Crippen LogP contribution in [0.1, 0.15) is 26.3 Å². The van der Waals surface area contributed by atoms with Gasteiger partial charge in [0.05, 0.1) is 0 Å². The van der Waals surface area contributed by atoms with Gasteiger partial charge in [-0.1, -0.05) is 12.1 Å². The van der Waals surface area contributed by atoms with Gasteiger partial charge in [0.1, 0.15) is 5.75 Å². The topological polar surface area (TPSA) is 47.0 Å². The van der Waals surface area contributed by atoms with Gasteiger partial charge in [0, 0.05) is 24.5 Å². The van der Waals surface area contributed by atoms with Crippen LogP contribution in [-0.2, 0) is 6.54 Å². The minimum Gasteiger partial charge on any atom is -1.00 e. The van der Waals surface area contributed by atoms with Crippen LogP contribution in [0.5, 0.6) is 11.8 Å². The van der Waals surface area contributed by atoms with Gasteiger partial charge in [-0.2, -0.15) is 0 Å². The Labute approximate surface area is 126 Å². The molecule has 108 valence electrons. The Morgan fingerprint density at radius 2 is 1.80 bits per heavy atom. The molecule has 0 aliphatic carbocycles. The van der Waals surface area contributed by atoms with E-state index in [1.807, 2.05) is 18.2 Å². The molecule has 1 heterocycles. The minimum atomic E-state index is 0. The van der Waals surface area contributed by atoms with Gasteiger partial charge in [-0.15, -0.1) is 0 Å². The fourth-order valence-electron chi connectivity index (χ4n) is 1.53. The Morgan fingerprint density at radius 1 is 1.10 bits per heavy atom. The number of hydrogen-bond donors (Lipinski definition) is 1. The second-order valence-electron chi connectivity index (χ2n) is 5.38. The molecule has 0 amide bonds. The van der Waals surface area contributed by atoms with Gasteiger partial charge < -0.3 is 22.5 Å². The van der Waals surface area contributed by atoms with Crippen molar-refractivity contribution in [3.8, 4) is 11.8 Å².